The highest BCUT2D eigenvalue weighted by molar-refractivity contribution is 7.98. The molecule has 1 aromatic carbocycles. The van der Waals surface area contributed by atoms with E-state index in [-0.39, 0.29) is 5.91 Å². The molecule has 3 rings (SSSR count). The molecule has 1 fully saturated rings. The number of nitrogens with zero attached hydrogens (tertiary/aromatic N) is 3. The third-order valence-electron chi connectivity index (χ3n) is 3.71. The van der Waals surface area contributed by atoms with Gasteiger partial charge >= 0.3 is 0 Å². The molecule has 0 bridgehead atoms. The van der Waals surface area contributed by atoms with Crippen LogP contribution in [-0.4, -0.2) is 48.2 Å². The van der Waals surface area contributed by atoms with Gasteiger partial charge in [-0.2, -0.15) is 5.10 Å². The van der Waals surface area contributed by atoms with Gasteiger partial charge in [0.2, 0.25) is 0 Å². The number of carbonyl (C=O) groups excluding carboxylic acids is 1. The maximum atomic E-state index is 12.5. The van der Waals surface area contributed by atoms with Gasteiger partial charge in [-0.05, 0) is 24.5 Å². The molecule has 0 unspecified atom stereocenters. The van der Waals surface area contributed by atoms with Crippen LogP contribution in [0.15, 0.2) is 35.5 Å². The average molecular weight is 332 g/mol. The number of hydrogen-bond donors (Lipinski definition) is 1. The van der Waals surface area contributed by atoms with Crippen LogP contribution in [-0.2, 0) is 11.8 Å². The average Bonchev–Trinajstić information content (AvgIpc) is 2.97. The molecule has 0 atom stereocenters. The van der Waals surface area contributed by atoms with E-state index in [2.05, 4.69) is 21.4 Å². The highest BCUT2D eigenvalue weighted by Gasteiger charge is 2.16. The fraction of sp³-hybridized carbons (Fsp3) is 0.375. The van der Waals surface area contributed by atoms with Crippen molar-refractivity contribution in [3.05, 3.63) is 36.0 Å². The third-order valence-corrected chi connectivity index (χ3v) is 4.40. The molecule has 23 heavy (non-hydrogen) atoms. The Morgan fingerprint density at radius 2 is 2.13 bits per heavy atom. The number of anilines is 2. The second-order valence-corrected chi connectivity index (χ2v) is 6.12. The van der Waals surface area contributed by atoms with Crippen LogP contribution < -0.4 is 10.2 Å². The van der Waals surface area contributed by atoms with Crippen LogP contribution in [0.2, 0.25) is 0 Å². The van der Waals surface area contributed by atoms with Crippen LogP contribution in [0, 0.1) is 0 Å². The molecular formula is C16H20N4O2S. The zero-order valence-corrected chi connectivity index (χ0v) is 14.1. The van der Waals surface area contributed by atoms with Crippen LogP contribution in [0.5, 0.6) is 0 Å². The molecule has 122 valence electrons. The standard InChI is InChI=1S/C16H20N4O2S/c1-19-11-14(16(18-19)23-2)15(21)17-12-4-3-5-13(10-12)20-6-8-22-9-7-20/h3-5,10-11H,6-9H2,1-2H3,(H,17,21). The molecule has 1 amide bonds. The quantitative estimate of drug-likeness (QED) is 0.870. The van der Waals surface area contributed by atoms with E-state index in [4.69, 9.17) is 4.74 Å². The van der Waals surface area contributed by atoms with Crippen molar-refractivity contribution in [1.82, 2.24) is 9.78 Å². The number of ether oxygens (including phenoxy) is 1. The molecule has 1 aromatic heterocycles. The number of hydrogen-bond acceptors (Lipinski definition) is 5. The summed E-state index contributed by atoms with van der Waals surface area (Å²) < 4.78 is 7.04. The predicted molar refractivity (Wildman–Crippen MR) is 92.4 cm³/mol. The van der Waals surface area contributed by atoms with E-state index in [0.29, 0.717) is 5.56 Å². The highest BCUT2D eigenvalue weighted by Crippen LogP contribution is 2.23. The molecule has 1 N–H and O–H groups in total. The molecule has 1 saturated heterocycles. The van der Waals surface area contributed by atoms with Crippen molar-refractivity contribution in [3.63, 3.8) is 0 Å². The molecule has 0 saturated carbocycles. The summed E-state index contributed by atoms with van der Waals surface area (Å²) in [7, 11) is 1.82. The van der Waals surface area contributed by atoms with Gasteiger partial charge < -0.3 is 15.0 Å². The number of aromatic nitrogens is 2. The Labute approximate surface area is 139 Å². The minimum atomic E-state index is -0.137. The normalized spacial score (nSPS) is 14.8. The number of benzene rings is 1. The van der Waals surface area contributed by atoms with E-state index >= 15 is 0 Å². The van der Waals surface area contributed by atoms with Crippen molar-refractivity contribution >= 4 is 29.0 Å². The van der Waals surface area contributed by atoms with E-state index in [9.17, 15) is 4.79 Å². The zero-order valence-electron chi connectivity index (χ0n) is 13.3. The lowest BCUT2D eigenvalue weighted by atomic mass is 10.2. The lowest BCUT2D eigenvalue weighted by molar-refractivity contribution is 0.102. The molecule has 0 radical (unpaired) electrons. The minimum absolute atomic E-state index is 0.137. The number of amides is 1. The van der Waals surface area contributed by atoms with Crippen molar-refractivity contribution in [1.29, 1.82) is 0 Å². The van der Waals surface area contributed by atoms with Gasteiger partial charge in [0, 0.05) is 37.7 Å². The molecule has 0 aliphatic carbocycles. The summed E-state index contributed by atoms with van der Waals surface area (Å²) in [5.74, 6) is -0.137. The Morgan fingerprint density at radius 3 is 2.87 bits per heavy atom. The fourth-order valence-corrected chi connectivity index (χ4v) is 3.15. The number of rotatable bonds is 4. The Morgan fingerprint density at radius 1 is 1.35 bits per heavy atom. The maximum absolute atomic E-state index is 12.5. The summed E-state index contributed by atoms with van der Waals surface area (Å²) in [4.78, 5) is 14.7. The summed E-state index contributed by atoms with van der Waals surface area (Å²) >= 11 is 1.47. The van der Waals surface area contributed by atoms with Gasteiger partial charge in [-0.25, -0.2) is 0 Å². The van der Waals surface area contributed by atoms with E-state index in [0.717, 1.165) is 42.7 Å². The maximum Gasteiger partial charge on any atom is 0.260 e. The van der Waals surface area contributed by atoms with Gasteiger partial charge in [0.1, 0.15) is 5.03 Å². The van der Waals surface area contributed by atoms with Gasteiger partial charge in [-0.15, -0.1) is 11.8 Å². The first-order valence-electron chi connectivity index (χ1n) is 7.49. The van der Waals surface area contributed by atoms with Crippen LogP contribution in [0.4, 0.5) is 11.4 Å². The topological polar surface area (TPSA) is 59.4 Å². The molecule has 6 nitrogen and oxygen atoms in total. The molecular weight excluding hydrogens is 312 g/mol. The van der Waals surface area contributed by atoms with Gasteiger partial charge in [0.15, 0.2) is 0 Å². The van der Waals surface area contributed by atoms with Crippen LogP contribution >= 0.6 is 11.8 Å². The van der Waals surface area contributed by atoms with Crippen molar-refractivity contribution in [3.8, 4) is 0 Å². The third kappa shape index (κ3) is 3.68. The smallest absolute Gasteiger partial charge is 0.260 e. The Bertz CT molecular complexity index is 695. The van der Waals surface area contributed by atoms with E-state index in [1.807, 2.05) is 31.5 Å². The summed E-state index contributed by atoms with van der Waals surface area (Å²) in [5, 5.41) is 7.97. The number of aryl methyl sites for hydroxylation is 1. The van der Waals surface area contributed by atoms with Crippen molar-refractivity contribution in [2.45, 2.75) is 5.03 Å². The first kappa shape index (κ1) is 15.9. The summed E-state index contributed by atoms with van der Waals surface area (Å²) in [5.41, 5.74) is 2.48. The van der Waals surface area contributed by atoms with Gasteiger partial charge in [0.25, 0.3) is 5.91 Å². The van der Waals surface area contributed by atoms with Crippen molar-refractivity contribution in [2.75, 3.05) is 42.8 Å². The number of morpholine rings is 1. The first-order chi connectivity index (χ1) is 11.2. The van der Waals surface area contributed by atoms with Crippen LogP contribution in [0.25, 0.3) is 0 Å². The molecule has 7 heteroatoms. The van der Waals surface area contributed by atoms with Crippen molar-refractivity contribution in [2.24, 2.45) is 7.05 Å². The van der Waals surface area contributed by atoms with Gasteiger partial charge in [-0.1, -0.05) is 6.07 Å². The second kappa shape index (κ2) is 7.06. The van der Waals surface area contributed by atoms with Gasteiger partial charge in [-0.3, -0.25) is 9.48 Å². The zero-order chi connectivity index (χ0) is 16.2. The molecule has 2 heterocycles. The lowest BCUT2D eigenvalue weighted by Gasteiger charge is -2.29. The largest absolute Gasteiger partial charge is 0.378 e. The number of thioether (sulfide) groups is 1. The fourth-order valence-electron chi connectivity index (χ4n) is 2.57. The van der Waals surface area contributed by atoms with E-state index < -0.39 is 0 Å². The number of carbonyl (C=O) groups is 1. The summed E-state index contributed by atoms with van der Waals surface area (Å²) in [6.07, 6.45) is 3.66. The van der Waals surface area contributed by atoms with E-state index in [1.165, 1.54) is 11.8 Å². The van der Waals surface area contributed by atoms with E-state index in [1.54, 1.807) is 10.9 Å². The van der Waals surface area contributed by atoms with Crippen molar-refractivity contribution < 1.29 is 9.53 Å². The monoisotopic (exact) mass is 332 g/mol. The molecule has 1 aliphatic heterocycles. The molecule has 1 aliphatic rings. The van der Waals surface area contributed by atoms with Crippen LogP contribution in [0.1, 0.15) is 10.4 Å². The highest BCUT2D eigenvalue weighted by atomic mass is 32.2. The van der Waals surface area contributed by atoms with Gasteiger partial charge in [0.05, 0.1) is 18.8 Å². The SMILES string of the molecule is CSc1nn(C)cc1C(=O)Nc1cccc(N2CCOCC2)c1. The van der Waals surface area contributed by atoms with Crippen LogP contribution in [0.3, 0.4) is 0 Å². The first-order valence-corrected chi connectivity index (χ1v) is 8.71. The molecule has 2 aromatic rings. The molecule has 0 spiro atoms. The Hall–Kier alpha value is -1.99. The number of nitrogens with one attached hydrogen (secondary N) is 1. The Balaban J connectivity index is 1.75. The Kier molecular flexibility index (Phi) is 4.88. The summed E-state index contributed by atoms with van der Waals surface area (Å²) in [6, 6.07) is 7.91. The lowest BCUT2D eigenvalue weighted by Crippen LogP contribution is -2.36. The second-order valence-electron chi connectivity index (χ2n) is 5.33. The summed E-state index contributed by atoms with van der Waals surface area (Å²) in [6.45, 7) is 3.22. The predicted octanol–water partition coefficient (Wildman–Crippen LogP) is 2.23. The minimum Gasteiger partial charge on any atom is -0.378 e.